The van der Waals surface area contributed by atoms with Crippen molar-refractivity contribution < 1.29 is 13.5 Å². The second kappa shape index (κ2) is 3.86. The minimum Gasteiger partial charge on any atom is -0.496 e. The van der Waals surface area contributed by atoms with Gasteiger partial charge in [-0.05, 0) is 24.4 Å². The van der Waals surface area contributed by atoms with Gasteiger partial charge in [0, 0.05) is 0 Å². The highest BCUT2D eigenvalue weighted by Crippen LogP contribution is 2.31. The zero-order valence-electron chi connectivity index (χ0n) is 7.91. The average molecular weight is 225 g/mol. The van der Waals surface area contributed by atoms with Crippen LogP contribution in [0.1, 0.15) is 0 Å². The second-order valence-corrected chi connectivity index (χ2v) is 3.25. The average Bonchev–Trinajstić information content (AvgIpc) is 2.64. The Hall–Kier alpha value is -1.62. The van der Waals surface area contributed by atoms with Crippen molar-refractivity contribution >= 4 is 12.2 Å². The number of aromatic nitrogens is 1. The number of methoxy groups -OCH3 is 1. The molecule has 0 saturated heterocycles. The molecule has 2 aromatic rings. The molecule has 0 aliphatic heterocycles. The van der Waals surface area contributed by atoms with E-state index in [0.717, 1.165) is 0 Å². The van der Waals surface area contributed by atoms with Gasteiger partial charge in [0.2, 0.25) is 0 Å². The van der Waals surface area contributed by atoms with E-state index in [1.807, 2.05) is 0 Å². The van der Waals surface area contributed by atoms with E-state index < -0.39 is 0 Å². The SMILES string of the molecule is COc1cccc(F)c1-c1coc(=S)[nH]1. The Balaban J connectivity index is 2.65. The summed E-state index contributed by atoms with van der Waals surface area (Å²) in [6.07, 6.45) is 1.36. The van der Waals surface area contributed by atoms with Crippen LogP contribution in [0.4, 0.5) is 4.39 Å². The van der Waals surface area contributed by atoms with Gasteiger partial charge in [-0.2, -0.15) is 0 Å². The van der Waals surface area contributed by atoms with Crippen LogP contribution in [0.25, 0.3) is 11.3 Å². The molecule has 0 aliphatic carbocycles. The fraction of sp³-hybridized carbons (Fsp3) is 0.100. The van der Waals surface area contributed by atoms with E-state index >= 15 is 0 Å². The van der Waals surface area contributed by atoms with Crippen LogP contribution in [0.15, 0.2) is 28.9 Å². The number of oxazole rings is 1. The van der Waals surface area contributed by atoms with Crippen LogP contribution in [0.5, 0.6) is 5.75 Å². The van der Waals surface area contributed by atoms with Crippen molar-refractivity contribution in [1.82, 2.24) is 4.98 Å². The molecule has 3 nitrogen and oxygen atoms in total. The van der Waals surface area contributed by atoms with Crippen LogP contribution in [0.3, 0.4) is 0 Å². The first-order valence-corrected chi connectivity index (χ1v) is 4.64. The number of H-pyrrole nitrogens is 1. The summed E-state index contributed by atoms with van der Waals surface area (Å²) in [7, 11) is 1.48. The zero-order chi connectivity index (χ0) is 10.8. The molecule has 1 N–H and O–H groups in total. The fourth-order valence-electron chi connectivity index (χ4n) is 1.34. The van der Waals surface area contributed by atoms with Gasteiger partial charge in [0.25, 0.3) is 4.84 Å². The highest BCUT2D eigenvalue weighted by Gasteiger charge is 2.13. The van der Waals surface area contributed by atoms with Crippen molar-refractivity contribution in [3.05, 3.63) is 35.1 Å². The monoisotopic (exact) mass is 225 g/mol. The molecule has 1 aromatic carbocycles. The lowest BCUT2D eigenvalue weighted by molar-refractivity contribution is 0.413. The van der Waals surface area contributed by atoms with Crippen LogP contribution in [0, 0.1) is 10.7 Å². The molecule has 0 bridgehead atoms. The van der Waals surface area contributed by atoms with Gasteiger partial charge in [0.05, 0.1) is 18.4 Å². The summed E-state index contributed by atoms with van der Waals surface area (Å²) in [4.78, 5) is 2.94. The largest absolute Gasteiger partial charge is 0.496 e. The summed E-state index contributed by atoms with van der Waals surface area (Å²) in [6.45, 7) is 0. The standard InChI is InChI=1S/C10H8FNO2S/c1-13-8-4-2-3-6(11)9(8)7-5-14-10(15)12-7/h2-5H,1H3,(H,12,15). The third-order valence-corrected chi connectivity index (χ3v) is 2.18. The van der Waals surface area contributed by atoms with E-state index in [4.69, 9.17) is 21.4 Å². The molecule has 78 valence electrons. The number of halogens is 1. The minimum absolute atomic E-state index is 0.204. The molecule has 0 amide bonds. The smallest absolute Gasteiger partial charge is 0.266 e. The highest BCUT2D eigenvalue weighted by atomic mass is 32.1. The maximum atomic E-state index is 13.6. The minimum atomic E-state index is -0.388. The van der Waals surface area contributed by atoms with Crippen molar-refractivity contribution in [2.24, 2.45) is 0 Å². The number of rotatable bonds is 2. The van der Waals surface area contributed by atoms with Gasteiger partial charge in [-0.1, -0.05) is 6.07 Å². The van der Waals surface area contributed by atoms with Crippen LogP contribution in [-0.2, 0) is 0 Å². The molecule has 0 fully saturated rings. The molecule has 1 aromatic heterocycles. The first-order valence-electron chi connectivity index (χ1n) is 4.23. The van der Waals surface area contributed by atoms with Crippen molar-refractivity contribution in [2.75, 3.05) is 7.11 Å². The van der Waals surface area contributed by atoms with E-state index in [9.17, 15) is 4.39 Å². The third kappa shape index (κ3) is 1.78. The molecule has 0 atom stereocenters. The van der Waals surface area contributed by atoms with Gasteiger partial charge in [-0.15, -0.1) is 0 Å². The second-order valence-electron chi connectivity index (χ2n) is 2.88. The van der Waals surface area contributed by atoms with Crippen molar-refractivity contribution in [3.8, 4) is 17.0 Å². The molecule has 0 radical (unpaired) electrons. The molecule has 0 unspecified atom stereocenters. The molecule has 15 heavy (non-hydrogen) atoms. The molecular weight excluding hydrogens is 217 g/mol. The lowest BCUT2D eigenvalue weighted by Crippen LogP contribution is -1.91. The van der Waals surface area contributed by atoms with Gasteiger partial charge < -0.3 is 14.1 Å². The van der Waals surface area contributed by atoms with Gasteiger partial charge >= 0.3 is 0 Å². The summed E-state index contributed by atoms with van der Waals surface area (Å²) in [5.41, 5.74) is 0.787. The van der Waals surface area contributed by atoms with Gasteiger partial charge in [0.1, 0.15) is 17.8 Å². The Morgan fingerprint density at radius 1 is 1.47 bits per heavy atom. The molecule has 0 saturated carbocycles. The Kier molecular flexibility index (Phi) is 2.55. The number of hydrogen-bond donors (Lipinski definition) is 1. The summed E-state index contributed by atoms with van der Waals surface area (Å²) in [5, 5.41) is 0. The zero-order valence-corrected chi connectivity index (χ0v) is 8.73. The Bertz CT molecular complexity index is 532. The Morgan fingerprint density at radius 2 is 2.27 bits per heavy atom. The van der Waals surface area contributed by atoms with Crippen LogP contribution >= 0.6 is 12.2 Å². The molecule has 0 spiro atoms. The lowest BCUT2D eigenvalue weighted by atomic mass is 10.1. The maximum Gasteiger partial charge on any atom is 0.266 e. The first-order chi connectivity index (χ1) is 7.22. The normalized spacial score (nSPS) is 10.3. The number of hydrogen-bond acceptors (Lipinski definition) is 3. The summed E-state index contributed by atoms with van der Waals surface area (Å²) >= 11 is 4.77. The van der Waals surface area contributed by atoms with E-state index in [1.165, 1.54) is 19.4 Å². The summed E-state index contributed by atoms with van der Waals surface area (Å²) < 4.78 is 23.5. The molecule has 2 rings (SSSR count). The van der Waals surface area contributed by atoms with Gasteiger partial charge in [-0.3, -0.25) is 0 Å². The molecule has 5 heteroatoms. The fourth-order valence-corrected chi connectivity index (χ4v) is 1.50. The predicted octanol–water partition coefficient (Wildman–Crippen LogP) is 3.15. The third-order valence-electron chi connectivity index (χ3n) is 1.99. The number of ether oxygens (including phenoxy) is 1. The Morgan fingerprint density at radius 3 is 2.87 bits per heavy atom. The van der Waals surface area contributed by atoms with Crippen molar-refractivity contribution in [1.29, 1.82) is 0 Å². The van der Waals surface area contributed by atoms with Crippen LogP contribution in [0.2, 0.25) is 0 Å². The number of aromatic amines is 1. The van der Waals surface area contributed by atoms with Gasteiger partial charge in [-0.25, -0.2) is 4.39 Å². The first kappa shape index (κ1) is 9.92. The number of benzene rings is 1. The maximum absolute atomic E-state index is 13.6. The molecular formula is C10H8FNO2S. The van der Waals surface area contributed by atoms with Crippen molar-refractivity contribution in [3.63, 3.8) is 0 Å². The number of nitrogens with one attached hydrogen (secondary N) is 1. The van der Waals surface area contributed by atoms with Crippen molar-refractivity contribution in [2.45, 2.75) is 0 Å². The Labute approximate surface area is 90.5 Å². The molecule has 0 aliphatic rings. The van der Waals surface area contributed by atoms with E-state index in [2.05, 4.69) is 4.98 Å². The van der Waals surface area contributed by atoms with Crippen LogP contribution < -0.4 is 4.74 Å². The van der Waals surface area contributed by atoms with Gasteiger partial charge in [0.15, 0.2) is 0 Å². The summed E-state index contributed by atoms with van der Waals surface area (Å²) in [5.74, 6) is 0.0449. The quantitative estimate of drug-likeness (QED) is 0.798. The van der Waals surface area contributed by atoms with E-state index in [1.54, 1.807) is 12.1 Å². The lowest BCUT2D eigenvalue weighted by Gasteiger charge is -2.06. The predicted molar refractivity (Wildman–Crippen MR) is 55.8 cm³/mol. The topological polar surface area (TPSA) is 38.2 Å². The van der Waals surface area contributed by atoms with Crippen LogP contribution in [-0.4, -0.2) is 12.1 Å². The summed E-state index contributed by atoms with van der Waals surface area (Å²) in [6, 6.07) is 4.59. The van der Waals surface area contributed by atoms with E-state index in [-0.39, 0.29) is 10.7 Å². The molecule has 1 heterocycles. The van der Waals surface area contributed by atoms with E-state index in [0.29, 0.717) is 17.0 Å². The highest BCUT2D eigenvalue weighted by molar-refractivity contribution is 7.71.